The second-order valence-electron chi connectivity index (χ2n) is 7.12. The molecule has 1 saturated carbocycles. The molecule has 142 valence electrons. The number of aromatic nitrogens is 1. The fourth-order valence-electron chi connectivity index (χ4n) is 3.08. The highest BCUT2D eigenvalue weighted by Gasteiger charge is 2.27. The van der Waals surface area contributed by atoms with Crippen LogP contribution in [0.15, 0.2) is 18.3 Å². The van der Waals surface area contributed by atoms with E-state index in [1.165, 1.54) is 12.8 Å². The molecule has 0 atom stereocenters. The van der Waals surface area contributed by atoms with E-state index < -0.39 is 0 Å². The number of nitrogens with zero attached hydrogens (tertiary/aromatic N) is 2. The van der Waals surface area contributed by atoms with Crippen LogP contribution in [-0.2, 0) is 0 Å². The van der Waals surface area contributed by atoms with Crippen molar-refractivity contribution in [3.63, 3.8) is 0 Å². The Balaban J connectivity index is 0.00000156. The van der Waals surface area contributed by atoms with Crippen LogP contribution in [0.3, 0.4) is 0 Å². The Morgan fingerprint density at radius 3 is 2.52 bits per heavy atom. The smallest absolute Gasteiger partial charge is 0.257 e. The molecule has 2 aliphatic rings. The quantitative estimate of drug-likeness (QED) is 0.784. The van der Waals surface area contributed by atoms with Crippen LogP contribution in [0.4, 0.5) is 5.82 Å². The van der Waals surface area contributed by atoms with Gasteiger partial charge in [-0.15, -0.1) is 24.8 Å². The average Bonchev–Trinajstić information content (AvgIpc) is 3.37. The summed E-state index contributed by atoms with van der Waals surface area (Å²) in [7, 11) is 0. The van der Waals surface area contributed by atoms with Gasteiger partial charge in [0.25, 0.3) is 5.91 Å². The van der Waals surface area contributed by atoms with Crippen molar-refractivity contribution < 1.29 is 4.79 Å². The van der Waals surface area contributed by atoms with Crippen molar-refractivity contribution in [2.24, 2.45) is 5.92 Å². The molecule has 1 aliphatic carbocycles. The standard InChI is InChI=1S/C18H28N4O.2ClH/c1-13(2)21-17-16(4-3-9-19-17)18(23)22-10-7-15(8-11-22)20-12-14-5-6-14;;/h3-4,9,13-15,20H,5-8,10-12H2,1-2H3,(H,19,21);2*1H. The van der Waals surface area contributed by atoms with Crippen molar-refractivity contribution in [3.05, 3.63) is 23.9 Å². The molecule has 3 rings (SSSR count). The average molecular weight is 389 g/mol. The fraction of sp³-hybridized carbons (Fsp3) is 0.667. The number of halogens is 2. The summed E-state index contributed by atoms with van der Waals surface area (Å²) in [5, 5.41) is 6.93. The van der Waals surface area contributed by atoms with Crippen LogP contribution in [-0.4, -0.2) is 47.5 Å². The third kappa shape index (κ3) is 6.32. The van der Waals surface area contributed by atoms with Gasteiger partial charge in [-0.25, -0.2) is 4.98 Å². The largest absolute Gasteiger partial charge is 0.367 e. The molecule has 1 aliphatic heterocycles. The van der Waals surface area contributed by atoms with Gasteiger partial charge in [-0.2, -0.15) is 0 Å². The van der Waals surface area contributed by atoms with Crippen LogP contribution in [0.5, 0.6) is 0 Å². The number of amides is 1. The minimum Gasteiger partial charge on any atom is -0.367 e. The van der Waals surface area contributed by atoms with E-state index in [0.717, 1.165) is 38.4 Å². The molecule has 7 heteroatoms. The molecule has 1 aromatic rings. The highest BCUT2D eigenvalue weighted by molar-refractivity contribution is 5.98. The summed E-state index contributed by atoms with van der Waals surface area (Å²) >= 11 is 0. The molecule has 2 fully saturated rings. The number of likely N-dealkylation sites (tertiary alicyclic amines) is 1. The Kier molecular flexibility index (Phi) is 8.97. The minimum absolute atomic E-state index is 0. The maximum absolute atomic E-state index is 12.8. The molecule has 0 unspecified atom stereocenters. The van der Waals surface area contributed by atoms with Gasteiger partial charge in [0.15, 0.2) is 0 Å². The van der Waals surface area contributed by atoms with Crippen molar-refractivity contribution in [2.45, 2.75) is 51.6 Å². The normalized spacial score (nSPS) is 17.6. The molecule has 5 nitrogen and oxygen atoms in total. The molecule has 0 spiro atoms. The van der Waals surface area contributed by atoms with E-state index in [4.69, 9.17) is 0 Å². The Morgan fingerprint density at radius 2 is 1.92 bits per heavy atom. The van der Waals surface area contributed by atoms with Crippen molar-refractivity contribution in [1.29, 1.82) is 0 Å². The van der Waals surface area contributed by atoms with E-state index in [1.54, 1.807) is 6.20 Å². The van der Waals surface area contributed by atoms with E-state index in [0.29, 0.717) is 17.4 Å². The predicted octanol–water partition coefficient (Wildman–Crippen LogP) is 3.35. The first-order valence-corrected chi connectivity index (χ1v) is 8.87. The van der Waals surface area contributed by atoms with Crippen molar-refractivity contribution in [3.8, 4) is 0 Å². The summed E-state index contributed by atoms with van der Waals surface area (Å²) < 4.78 is 0. The lowest BCUT2D eigenvalue weighted by Crippen LogP contribution is -2.45. The van der Waals surface area contributed by atoms with Crippen LogP contribution in [0.25, 0.3) is 0 Å². The number of rotatable bonds is 6. The summed E-state index contributed by atoms with van der Waals surface area (Å²) in [6.07, 6.45) is 6.60. The second kappa shape index (κ2) is 10.2. The third-order valence-electron chi connectivity index (χ3n) is 4.64. The topological polar surface area (TPSA) is 57.3 Å². The zero-order valence-electron chi connectivity index (χ0n) is 15.0. The first-order valence-electron chi connectivity index (χ1n) is 8.87. The van der Waals surface area contributed by atoms with Crippen molar-refractivity contribution in [1.82, 2.24) is 15.2 Å². The SMILES string of the molecule is CC(C)Nc1ncccc1C(=O)N1CCC(NCC2CC2)CC1.Cl.Cl. The molecule has 0 aromatic carbocycles. The molecule has 1 aromatic heterocycles. The lowest BCUT2D eigenvalue weighted by Gasteiger charge is -2.33. The lowest BCUT2D eigenvalue weighted by atomic mass is 10.0. The summed E-state index contributed by atoms with van der Waals surface area (Å²) in [5.74, 6) is 1.71. The van der Waals surface area contributed by atoms with E-state index >= 15 is 0 Å². The van der Waals surface area contributed by atoms with Gasteiger partial charge in [-0.3, -0.25) is 4.79 Å². The first-order chi connectivity index (χ1) is 11.1. The number of pyridine rings is 1. The highest BCUT2D eigenvalue weighted by Crippen LogP contribution is 2.28. The minimum atomic E-state index is 0. The van der Waals surface area contributed by atoms with Gasteiger partial charge < -0.3 is 15.5 Å². The molecular weight excluding hydrogens is 359 g/mol. The van der Waals surface area contributed by atoms with E-state index in [1.807, 2.05) is 17.0 Å². The second-order valence-corrected chi connectivity index (χ2v) is 7.12. The molecular formula is C18H30Cl2N4O. The highest BCUT2D eigenvalue weighted by atomic mass is 35.5. The monoisotopic (exact) mass is 388 g/mol. The van der Waals surface area contributed by atoms with Gasteiger partial charge in [0.2, 0.25) is 0 Å². The van der Waals surface area contributed by atoms with Crippen LogP contribution < -0.4 is 10.6 Å². The van der Waals surface area contributed by atoms with E-state index in [2.05, 4.69) is 29.5 Å². The summed E-state index contributed by atoms with van der Waals surface area (Å²) in [6.45, 7) is 6.93. The number of hydrogen-bond donors (Lipinski definition) is 2. The number of carbonyl (C=O) groups is 1. The molecule has 1 amide bonds. The summed E-state index contributed by atoms with van der Waals surface area (Å²) in [4.78, 5) is 19.1. The fourth-order valence-corrected chi connectivity index (χ4v) is 3.08. The summed E-state index contributed by atoms with van der Waals surface area (Å²) in [5.41, 5.74) is 0.686. The number of carbonyl (C=O) groups excluding carboxylic acids is 1. The van der Waals surface area contributed by atoms with Gasteiger partial charge in [0.1, 0.15) is 5.82 Å². The number of nitrogens with one attached hydrogen (secondary N) is 2. The zero-order chi connectivity index (χ0) is 16.2. The predicted molar refractivity (Wildman–Crippen MR) is 107 cm³/mol. The van der Waals surface area contributed by atoms with Gasteiger partial charge >= 0.3 is 0 Å². The Hall–Kier alpha value is -1.04. The Labute approximate surface area is 163 Å². The zero-order valence-corrected chi connectivity index (χ0v) is 16.7. The molecule has 0 bridgehead atoms. The van der Waals surface area contributed by atoms with Gasteiger partial charge in [-0.05, 0) is 64.1 Å². The molecule has 1 saturated heterocycles. The van der Waals surface area contributed by atoms with Gasteiger partial charge in [0.05, 0.1) is 5.56 Å². The van der Waals surface area contributed by atoms with Crippen LogP contribution in [0.2, 0.25) is 0 Å². The van der Waals surface area contributed by atoms with E-state index in [-0.39, 0.29) is 36.8 Å². The van der Waals surface area contributed by atoms with Crippen molar-refractivity contribution >= 4 is 36.5 Å². The van der Waals surface area contributed by atoms with Gasteiger partial charge in [0, 0.05) is 31.4 Å². The first kappa shape index (κ1) is 22.0. The molecule has 0 radical (unpaired) electrons. The Morgan fingerprint density at radius 1 is 1.24 bits per heavy atom. The maximum Gasteiger partial charge on any atom is 0.257 e. The molecule has 2 N–H and O–H groups in total. The number of piperidine rings is 1. The third-order valence-corrected chi connectivity index (χ3v) is 4.64. The van der Waals surface area contributed by atoms with Crippen LogP contribution in [0.1, 0.15) is 49.9 Å². The van der Waals surface area contributed by atoms with Crippen LogP contribution in [0, 0.1) is 5.92 Å². The number of anilines is 1. The molecule has 2 heterocycles. The van der Waals surface area contributed by atoms with Gasteiger partial charge in [-0.1, -0.05) is 0 Å². The maximum atomic E-state index is 12.8. The van der Waals surface area contributed by atoms with Crippen LogP contribution >= 0.6 is 24.8 Å². The lowest BCUT2D eigenvalue weighted by molar-refractivity contribution is 0.0705. The molecule has 25 heavy (non-hydrogen) atoms. The Bertz CT molecular complexity index is 544. The summed E-state index contributed by atoms with van der Waals surface area (Å²) in [6, 6.07) is 4.54. The van der Waals surface area contributed by atoms with Crippen molar-refractivity contribution in [2.75, 3.05) is 25.0 Å². The number of hydrogen-bond acceptors (Lipinski definition) is 4. The van der Waals surface area contributed by atoms with E-state index in [9.17, 15) is 4.79 Å².